The van der Waals surface area contributed by atoms with Gasteiger partial charge in [0, 0.05) is 17.1 Å². The average molecular weight is 432 g/mol. The number of hydrogen-bond donors (Lipinski definition) is 0. The Morgan fingerprint density at radius 2 is 0.970 bits per heavy atom. The summed E-state index contributed by atoms with van der Waals surface area (Å²) in [6, 6.07) is 39.9. The van der Waals surface area contributed by atoms with Gasteiger partial charge in [0.1, 0.15) is 11.5 Å². The smallest absolute Gasteiger partial charge is 0.119 e. The largest absolute Gasteiger partial charge is 0.497 e. The van der Waals surface area contributed by atoms with Crippen LogP contribution in [0, 0.1) is 0 Å². The topological polar surface area (TPSA) is 21.7 Å². The molecule has 0 radical (unpaired) electrons. The van der Waals surface area contributed by atoms with Crippen LogP contribution in [0.4, 0.5) is 17.1 Å². The molecule has 0 aliphatic carbocycles. The zero-order valence-electron chi connectivity index (χ0n) is 18.7. The lowest BCUT2D eigenvalue weighted by atomic mass is 9.98. The molecule has 0 heterocycles. The second-order valence-corrected chi connectivity index (χ2v) is 7.81. The second-order valence-electron chi connectivity index (χ2n) is 7.81. The fraction of sp³-hybridized carbons (Fsp3) is 0.0667. The minimum absolute atomic E-state index is 0.833. The normalized spacial score (nSPS) is 10.7. The minimum atomic E-state index is 0.833. The molecule has 3 heteroatoms. The standard InChI is InChI=1S/C30H25NO2/c1-32-27-18-14-25(15-19-27)31(26-16-20-28(33-2)21-17-26)24-12-10-23(11-13-24)30-9-5-7-22-6-3-4-8-29(22)30/h3-21H,1-2H3. The highest BCUT2D eigenvalue weighted by Gasteiger charge is 2.13. The third-order valence-electron chi connectivity index (χ3n) is 5.89. The van der Waals surface area contributed by atoms with Gasteiger partial charge in [-0.3, -0.25) is 0 Å². The van der Waals surface area contributed by atoms with Crippen molar-refractivity contribution >= 4 is 27.8 Å². The van der Waals surface area contributed by atoms with Gasteiger partial charge in [-0.25, -0.2) is 0 Å². The van der Waals surface area contributed by atoms with Crippen LogP contribution in [0.3, 0.4) is 0 Å². The molecule has 0 fully saturated rings. The van der Waals surface area contributed by atoms with Gasteiger partial charge in [-0.15, -0.1) is 0 Å². The summed E-state index contributed by atoms with van der Waals surface area (Å²) >= 11 is 0. The first kappa shape index (κ1) is 20.7. The van der Waals surface area contributed by atoms with Gasteiger partial charge in [-0.2, -0.15) is 0 Å². The fourth-order valence-corrected chi connectivity index (χ4v) is 4.18. The summed E-state index contributed by atoms with van der Waals surface area (Å²) in [7, 11) is 3.37. The first-order valence-electron chi connectivity index (χ1n) is 10.9. The fourth-order valence-electron chi connectivity index (χ4n) is 4.18. The van der Waals surface area contributed by atoms with E-state index in [0.717, 1.165) is 28.6 Å². The summed E-state index contributed by atoms with van der Waals surface area (Å²) < 4.78 is 10.7. The maximum atomic E-state index is 5.36. The van der Waals surface area contributed by atoms with E-state index in [2.05, 4.69) is 95.9 Å². The summed E-state index contributed by atoms with van der Waals surface area (Å²) in [5.41, 5.74) is 5.62. The lowest BCUT2D eigenvalue weighted by Gasteiger charge is -2.26. The first-order chi connectivity index (χ1) is 16.3. The van der Waals surface area contributed by atoms with Crippen LogP contribution in [0.25, 0.3) is 21.9 Å². The Morgan fingerprint density at radius 3 is 1.52 bits per heavy atom. The van der Waals surface area contributed by atoms with Gasteiger partial charge in [0.15, 0.2) is 0 Å². The Balaban J connectivity index is 1.57. The molecule has 0 saturated heterocycles. The van der Waals surface area contributed by atoms with Gasteiger partial charge >= 0.3 is 0 Å². The summed E-state index contributed by atoms with van der Waals surface area (Å²) in [4.78, 5) is 2.23. The van der Waals surface area contributed by atoms with Crippen molar-refractivity contribution in [2.24, 2.45) is 0 Å². The van der Waals surface area contributed by atoms with Crippen molar-refractivity contribution in [1.29, 1.82) is 0 Å². The molecule has 0 saturated carbocycles. The number of nitrogens with zero attached hydrogens (tertiary/aromatic N) is 1. The summed E-state index contributed by atoms with van der Waals surface area (Å²) in [6.45, 7) is 0. The molecule has 0 bridgehead atoms. The summed E-state index contributed by atoms with van der Waals surface area (Å²) in [5.74, 6) is 1.67. The van der Waals surface area contributed by atoms with Crippen LogP contribution in [-0.4, -0.2) is 14.2 Å². The number of hydrogen-bond acceptors (Lipinski definition) is 3. The zero-order chi connectivity index (χ0) is 22.6. The molecule has 162 valence electrons. The molecule has 0 aromatic heterocycles. The quantitative estimate of drug-likeness (QED) is 0.272. The van der Waals surface area contributed by atoms with E-state index in [0.29, 0.717) is 0 Å². The van der Waals surface area contributed by atoms with E-state index in [1.54, 1.807) is 14.2 Å². The van der Waals surface area contributed by atoms with Crippen LogP contribution >= 0.6 is 0 Å². The van der Waals surface area contributed by atoms with Crippen LogP contribution in [0.1, 0.15) is 0 Å². The number of methoxy groups -OCH3 is 2. The lowest BCUT2D eigenvalue weighted by molar-refractivity contribution is 0.415. The zero-order valence-corrected chi connectivity index (χ0v) is 18.7. The molecule has 0 aliphatic rings. The molecular weight excluding hydrogens is 406 g/mol. The molecule has 33 heavy (non-hydrogen) atoms. The number of fused-ring (bicyclic) bond motifs is 1. The highest BCUT2D eigenvalue weighted by Crippen LogP contribution is 2.37. The van der Waals surface area contributed by atoms with Crippen molar-refractivity contribution in [2.45, 2.75) is 0 Å². The molecule has 5 aromatic rings. The number of anilines is 3. The van der Waals surface area contributed by atoms with Crippen molar-refractivity contribution in [3.8, 4) is 22.6 Å². The predicted molar refractivity (Wildman–Crippen MR) is 137 cm³/mol. The van der Waals surface area contributed by atoms with Crippen molar-refractivity contribution < 1.29 is 9.47 Å². The van der Waals surface area contributed by atoms with E-state index in [1.165, 1.54) is 21.9 Å². The number of rotatable bonds is 6. The Hall–Kier alpha value is -4.24. The summed E-state index contributed by atoms with van der Waals surface area (Å²) in [5, 5.41) is 2.51. The predicted octanol–water partition coefficient (Wildman–Crippen LogP) is 7.99. The molecule has 5 aromatic carbocycles. The second kappa shape index (κ2) is 9.09. The van der Waals surface area contributed by atoms with Crippen molar-refractivity contribution in [1.82, 2.24) is 0 Å². The molecule has 0 N–H and O–H groups in total. The number of ether oxygens (including phenoxy) is 2. The van der Waals surface area contributed by atoms with Gasteiger partial charge in [-0.1, -0.05) is 54.6 Å². The number of benzene rings is 5. The molecule has 3 nitrogen and oxygen atoms in total. The first-order valence-corrected chi connectivity index (χ1v) is 10.9. The maximum Gasteiger partial charge on any atom is 0.119 e. The molecular formula is C30H25NO2. The van der Waals surface area contributed by atoms with Gasteiger partial charge in [-0.05, 0) is 82.6 Å². The van der Waals surface area contributed by atoms with Crippen molar-refractivity contribution in [3.05, 3.63) is 115 Å². The Kier molecular flexibility index (Phi) is 5.69. The SMILES string of the molecule is COc1ccc(N(c2ccc(OC)cc2)c2ccc(-c3cccc4ccccc34)cc2)cc1. The van der Waals surface area contributed by atoms with Gasteiger partial charge in [0.25, 0.3) is 0 Å². The van der Waals surface area contributed by atoms with Crippen molar-refractivity contribution in [2.75, 3.05) is 19.1 Å². The average Bonchev–Trinajstić information content (AvgIpc) is 2.90. The van der Waals surface area contributed by atoms with Crippen LogP contribution < -0.4 is 14.4 Å². The van der Waals surface area contributed by atoms with E-state index in [-0.39, 0.29) is 0 Å². The third kappa shape index (κ3) is 4.13. The Bertz CT molecular complexity index is 1310. The van der Waals surface area contributed by atoms with E-state index >= 15 is 0 Å². The van der Waals surface area contributed by atoms with Gasteiger partial charge in [0.2, 0.25) is 0 Å². The molecule has 0 amide bonds. The van der Waals surface area contributed by atoms with E-state index in [4.69, 9.17) is 9.47 Å². The molecule has 5 rings (SSSR count). The van der Waals surface area contributed by atoms with Crippen LogP contribution in [-0.2, 0) is 0 Å². The lowest BCUT2D eigenvalue weighted by Crippen LogP contribution is -2.09. The molecule has 0 unspecified atom stereocenters. The van der Waals surface area contributed by atoms with E-state index in [9.17, 15) is 0 Å². The maximum absolute atomic E-state index is 5.36. The summed E-state index contributed by atoms with van der Waals surface area (Å²) in [6.07, 6.45) is 0. The minimum Gasteiger partial charge on any atom is -0.497 e. The highest BCUT2D eigenvalue weighted by molar-refractivity contribution is 5.97. The van der Waals surface area contributed by atoms with E-state index < -0.39 is 0 Å². The van der Waals surface area contributed by atoms with Crippen LogP contribution in [0.2, 0.25) is 0 Å². The van der Waals surface area contributed by atoms with Gasteiger partial charge in [0.05, 0.1) is 14.2 Å². The molecule has 0 aliphatic heterocycles. The van der Waals surface area contributed by atoms with E-state index in [1.807, 2.05) is 24.3 Å². The molecule has 0 spiro atoms. The van der Waals surface area contributed by atoms with Crippen molar-refractivity contribution in [3.63, 3.8) is 0 Å². The van der Waals surface area contributed by atoms with Crippen LogP contribution in [0.5, 0.6) is 11.5 Å². The van der Waals surface area contributed by atoms with Crippen LogP contribution in [0.15, 0.2) is 115 Å². The highest BCUT2D eigenvalue weighted by atomic mass is 16.5. The third-order valence-corrected chi connectivity index (χ3v) is 5.89. The Morgan fingerprint density at radius 1 is 0.485 bits per heavy atom. The Labute approximate surface area is 194 Å². The van der Waals surface area contributed by atoms with Gasteiger partial charge < -0.3 is 14.4 Å². The molecule has 0 atom stereocenters. The monoisotopic (exact) mass is 431 g/mol.